The van der Waals surface area contributed by atoms with Gasteiger partial charge in [0.25, 0.3) is 0 Å². The summed E-state index contributed by atoms with van der Waals surface area (Å²) >= 11 is 0. The van der Waals surface area contributed by atoms with Crippen molar-refractivity contribution in [3.63, 3.8) is 0 Å². The molecule has 0 saturated heterocycles. The Morgan fingerprint density at radius 2 is 2.35 bits per heavy atom. The van der Waals surface area contributed by atoms with E-state index in [2.05, 4.69) is 15.4 Å². The molecule has 0 aliphatic rings. The van der Waals surface area contributed by atoms with Gasteiger partial charge in [0.2, 0.25) is 11.9 Å². The molecule has 0 aromatic carbocycles. The molecule has 90 valence electrons. The molecule has 0 unspecified atom stereocenters. The molecule has 7 heteroatoms. The fraction of sp³-hybridized carbons (Fsp3) is 0.300. The number of amides is 1. The third-order valence-electron chi connectivity index (χ3n) is 2.18. The van der Waals surface area contributed by atoms with E-state index >= 15 is 0 Å². The Morgan fingerprint density at radius 1 is 1.53 bits per heavy atom. The van der Waals surface area contributed by atoms with Gasteiger partial charge in [0.15, 0.2) is 5.65 Å². The molecule has 6 nitrogen and oxygen atoms in total. The van der Waals surface area contributed by atoms with Crippen molar-refractivity contribution >= 4 is 17.5 Å². The van der Waals surface area contributed by atoms with Crippen LogP contribution >= 0.6 is 0 Å². The molecule has 0 saturated carbocycles. The highest BCUT2D eigenvalue weighted by Crippen LogP contribution is 2.06. The number of hydrogen-bond acceptors (Lipinski definition) is 4. The van der Waals surface area contributed by atoms with E-state index in [1.165, 1.54) is 22.8 Å². The van der Waals surface area contributed by atoms with E-state index in [1.54, 1.807) is 0 Å². The lowest BCUT2D eigenvalue weighted by molar-refractivity contribution is -0.118. The Morgan fingerprint density at radius 3 is 3.12 bits per heavy atom. The maximum Gasteiger partial charge on any atom is 0.243 e. The van der Waals surface area contributed by atoms with Crippen molar-refractivity contribution < 1.29 is 9.18 Å². The number of aromatic nitrogens is 3. The summed E-state index contributed by atoms with van der Waals surface area (Å²) in [6, 6.07) is 2.86. The number of halogens is 1. The first-order valence-electron chi connectivity index (χ1n) is 5.19. The number of pyridine rings is 1. The number of carbonyl (C=O) groups is 1. The number of nitrogens with two attached hydrogens (primary N) is 1. The van der Waals surface area contributed by atoms with Crippen molar-refractivity contribution in [3.8, 4) is 0 Å². The first kappa shape index (κ1) is 11.3. The van der Waals surface area contributed by atoms with Crippen molar-refractivity contribution in [3.05, 3.63) is 24.1 Å². The number of nitrogens with zero attached hydrogens (tertiary/aromatic N) is 3. The lowest BCUT2D eigenvalue weighted by atomic mass is 10.3. The van der Waals surface area contributed by atoms with E-state index in [4.69, 9.17) is 5.73 Å². The third kappa shape index (κ3) is 2.90. The Balaban J connectivity index is 1.97. The average molecular weight is 237 g/mol. The van der Waals surface area contributed by atoms with Crippen LogP contribution in [0.5, 0.6) is 0 Å². The van der Waals surface area contributed by atoms with E-state index in [9.17, 15) is 9.18 Å². The summed E-state index contributed by atoms with van der Waals surface area (Å²) in [6.07, 6.45) is 2.17. The van der Waals surface area contributed by atoms with Crippen LogP contribution in [0.2, 0.25) is 0 Å². The molecule has 0 aliphatic carbocycles. The van der Waals surface area contributed by atoms with Gasteiger partial charge in [0, 0.05) is 13.0 Å². The number of fused-ring (bicyclic) bond motifs is 1. The second kappa shape index (κ2) is 4.77. The third-order valence-corrected chi connectivity index (χ3v) is 2.18. The number of primary amides is 1. The molecule has 2 aromatic heterocycles. The Hall–Kier alpha value is -2.18. The predicted octanol–water partition coefficient (Wildman–Crippen LogP) is 0.546. The van der Waals surface area contributed by atoms with Crippen molar-refractivity contribution in [1.29, 1.82) is 0 Å². The molecule has 3 N–H and O–H groups in total. The number of hydrogen-bond donors (Lipinski definition) is 2. The zero-order valence-electron chi connectivity index (χ0n) is 9.06. The largest absolute Gasteiger partial charge is 0.370 e. The number of rotatable bonds is 5. The van der Waals surface area contributed by atoms with Gasteiger partial charge < -0.3 is 11.1 Å². The summed E-state index contributed by atoms with van der Waals surface area (Å²) in [6.45, 7) is 0.544. The predicted molar refractivity (Wildman–Crippen MR) is 59.9 cm³/mol. The Bertz CT molecular complexity index is 538. The molecule has 17 heavy (non-hydrogen) atoms. The van der Waals surface area contributed by atoms with Crippen LogP contribution in [0.15, 0.2) is 18.3 Å². The fourth-order valence-corrected chi connectivity index (χ4v) is 1.40. The van der Waals surface area contributed by atoms with Gasteiger partial charge in [-0.25, -0.2) is 8.91 Å². The SMILES string of the molecule is NC(=O)CCCNc1nc2ccc(F)cn2n1. The maximum atomic E-state index is 12.9. The van der Waals surface area contributed by atoms with Crippen LogP contribution < -0.4 is 11.1 Å². The van der Waals surface area contributed by atoms with Gasteiger partial charge in [0.1, 0.15) is 5.82 Å². The van der Waals surface area contributed by atoms with Crippen molar-refractivity contribution in [2.24, 2.45) is 5.73 Å². The molecule has 0 radical (unpaired) electrons. The van der Waals surface area contributed by atoms with Gasteiger partial charge in [-0.15, -0.1) is 5.10 Å². The molecule has 0 fully saturated rings. The first-order valence-corrected chi connectivity index (χ1v) is 5.19. The number of carbonyl (C=O) groups excluding carboxylic acids is 1. The van der Waals surface area contributed by atoms with Crippen molar-refractivity contribution in [1.82, 2.24) is 14.6 Å². The maximum absolute atomic E-state index is 12.9. The minimum atomic E-state index is -0.373. The van der Waals surface area contributed by atoms with E-state index in [0.29, 0.717) is 31.0 Å². The second-order valence-electron chi connectivity index (χ2n) is 3.58. The van der Waals surface area contributed by atoms with E-state index in [1.807, 2.05) is 0 Å². The average Bonchev–Trinajstić information content (AvgIpc) is 2.66. The van der Waals surface area contributed by atoms with E-state index in [-0.39, 0.29) is 11.7 Å². The molecular formula is C10H12FN5O. The summed E-state index contributed by atoms with van der Waals surface area (Å²) in [4.78, 5) is 14.6. The Labute approximate surface area is 96.6 Å². The molecule has 0 aliphatic heterocycles. The van der Waals surface area contributed by atoms with Gasteiger partial charge >= 0.3 is 0 Å². The monoisotopic (exact) mass is 237 g/mol. The molecule has 0 bridgehead atoms. The van der Waals surface area contributed by atoms with E-state index < -0.39 is 0 Å². The highest BCUT2D eigenvalue weighted by Gasteiger charge is 2.03. The standard InChI is InChI=1S/C10H12FN5O/c11-7-3-4-9-14-10(15-16(9)6-7)13-5-1-2-8(12)17/h3-4,6H,1-2,5H2,(H2,12,17)(H,13,15). The fourth-order valence-electron chi connectivity index (χ4n) is 1.40. The molecule has 2 heterocycles. The van der Waals surface area contributed by atoms with Crippen LogP contribution in [0.4, 0.5) is 10.3 Å². The van der Waals surface area contributed by atoms with Crippen LogP contribution in [-0.2, 0) is 4.79 Å². The smallest absolute Gasteiger partial charge is 0.243 e. The highest BCUT2D eigenvalue weighted by atomic mass is 19.1. The molecule has 2 aromatic rings. The summed E-state index contributed by atoms with van der Waals surface area (Å²) in [7, 11) is 0. The molecule has 0 atom stereocenters. The number of anilines is 1. The van der Waals surface area contributed by atoms with Crippen LogP contribution in [0, 0.1) is 5.82 Å². The van der Waals surface area contributed by atoms with Crippen LogP contribution in [0.1, 0.15) is 12.8 Å². The summed E-state index contributed by atoms with van der Waals surface area (Å²) in [5.74, 6) is -0.306. The molecule has 0 spiro atoms. The van der Waals surface area contributed by atoms with E-state index in [0.717, 1.165) is 0 Å². The van der Waals surface area contributed by atoms with Gasteiger partial charge in [-0.3, -0.25) is 4.79 Å². The van der Waals surface area contributed by atoms with Crippen molar-refractivity contribution in [2.75, 3.05) is 11.9 Å². The summed E-state index contributed by atoms with van der Waals surface area (Å²) in [5, 5.41) is 6.96. The van der Waals surface area contributed by atoms with Gasteiger partial charge in [0.05, 0.1) is 6.20 Å². The van der Waals surface area contributed by atoms with Crippen LogP contribution in [0.3, 0.4) is 0 Å². The lowest BCUT2D eigenvalue weighted by Crippen LogP contribution is -2.13. The molecule has 2 rings (SSSR count). The first-order chi connectivity index (χ1) is 8.15. The zero-order chi connectivity index (χ0) is 12.3. The van der Waals surface area contributed by atoms with Crippen LogP contribution in [0.25, 0.3) is 5.65 Å². The van der Waals surface area contributed by atoms with Gasteiger partial charge in [-0.05, 0) is 18.6 Å². The molecular weight excluding hydrogens is 225 g/mol. The summed E-state index contributed by atoms with van der Waals surface area (Å²) < 4.78 is 14.2. The minimum absolute atomic E-state index is 0.314. The topological polar surface area (TPSA) is 85.3 Å². The minimum Gasteiger partial charge on any atom is -0.370 e. The second-order valence-corrected chi connectivity index (χ2v) is 3.58. The van der Waals surface area contributed by atoms with Gasteiger partial charge in [-0.2, -0.15) is 4.98 Å². The highest BCUT2D eigenvalue weighted by molar-refractivity contribution is 5.73. The lowest BCUT2D eigenvalue weighted by Gasteiger charge is -1.98. The van der Waals surface area contributed by atoms with Crippen LogP contribution in [-0.4, -0.2) is 27.0 Å². The zero-order valence-corrected chi connectivity index (χ0v) is 9.06. The number of nitrogens with one attached hydrogen (secondary N) is 1. The Kier molecular flexibility index (Phi) is 3.17. The van der Waals surface area contributed by atoms with Crippen molar-refractivity contribution in [2.45, 2.75) is 12.8 Å². The van der Waals surface area contributed by atoms with Gasteiger partial charge in [-0.1, -0.05) is 0 Å². The quantitative estimate of drug-likeness (QED) is 0.743. The normalized spacial score (nSPS) is 10.6. The molecule has 1 amide bonds. The summed E-state index contributed by atoms with van der Waals surface area (Å²) in [5.41, 5.74) is 5.57.